The highest BCUT2D eigenvalue weighted by Crippen LogP contribution is 2.26. The van der Waals surface area contributed by atoms with E-state index in [0.29, 0.717) is 25.6 Å². The van der Waals surface area contributed by atoms with Gasteiger partial charge in [-0.05, 0) is 51.1 Å². The number of fused-ring (bicyclic) bond motifs is 1. The number of H-pyrrole nitrogens is 1. The summed E-state index contributed by atoms with van der Waals surface area (Å²) in [7, 11) is 3.93. The van der Waals surface area contributed by atoms with E-state index < -0.39 is 0 Å². The number of carbonyl (C=O) groups excluding carboxylic acids is 2. The van der Waals surface area contributed by atoms with Crippen LogP contribution in [0, 0.1) is 0 Å². The predicted molar refractivity (Wildman–Crippen MR) is 99.6 cm³/mol. The Hall–Kier alpha value is -1.89. The number of carbonyl (C=O) groups is 2. The largest absolute Gasteiger partial charge is 0.355 e. The molecule has 0 saturated carbocycles. The Morgan fingerprint density at radius 2 is 2.00 bits per heavy atom. The van der Waals surface area contributed by atoms with E-state index in [0.717, 1.165) is 31.4 Å². The highest BCUT2D eigenvalue weighted by molar-refractivity contribution is 5.76. The highest BCUT2D eigenvalue weighted by Gasteiger charge is 2.32. The molecule has 144 valence electrons. The van der Waals surface area contributed by atoms with E-state index in [9.17, 15) is 9.59 Å². The van der Waals surface area contributed by atoms with E-state index in [1.807, 2.05) is 7.05 Å². The van der Waals surface area contributed by atoms with Crippen LogP contribution in [0.25, 0.3) is 0 Å². The number of aromatic nitrogens is 2. The van der Waals surface area contributed by atoms with Gasteiger partial charge in [0.05, 0.1) is 12.2 Å². The summed E-state index contributed by atoms with van der Waals surface area (Å²) in [6.07, 6.45) is 7.11. The van der Waals surface area contributed by atoms with Gasteiger partial charge in [-0.1, -0.05) is 0 Å². The lowest BCUT2D eigenvalue weighted by Gasteiger charge is -2.27. The number of hydrogen-bond donors (Lipinski definition) is 2. The summed E-state index contributed by atoms with van der Waals surface area (Å²) in [6.45, 7) is 2.78. The van der Waals surface area contributed by atoms with Gasteiger partial charge in [0.25, 0.3) is 0 Å². The highest BCUT2D eigenvalue weighted by atomic mass is 16.2. The van der Waals surface area contributed by atoms with Gasteiger partial charge in [0.2, 0.25) is 11.8 Å². The first-order valence-electron chi connectivity index (χ1n) is 9.71. The van der Waals surface area contributed by atoms with Gasteiger partial charge in [-0.15, -0.1) is 0 Å². The van der Waals surface area contributed by atoms with Gasteiger partial charge >= 0.3 is 0 Å². The number of rotatable bonds is 6. The molecule has 0 aromatic carbocycles. The van der Waals surface area contributed by atoms with Crippen molar-refractivity contribution in [1.29, 1.82) is 0 Å². The van der Waals surface area contributed by atoms with Crippen LogP contribution in [0.5, 0.6) is 0 Å². The molecule has 2 aliphatic rings. The van der Waals surface area contributed by atoms with Crippen molar-refractivity contribution in [3.63, 3.8) is 0 Å². The van der Waals surface area contributed by atoms with Gasteiger partial charge in [-0.3, -0.25) is 19.6 Å². The smallest absolute Gasteiger partial charge is 0.224 e. The molecular weight excluding hydrogens is 330 g/mol. The number of aryl methyl sites for hydroxylation is 1. The van der Waals surface area contributed by atoms with Crippen LogP contribution >= 0.6 is 0 Å². The quantitative estimate of drug-likeness (QED) is 0.799. The third-order valence-electron chi connectivity index (χ3n) is 5.94. The Labute approximate surface area is 155 Å². The standard InChI is InChI=1S/C19H31N5O2/c1-13(25)20-11-15-9-8-14(24(15)3)10-19(26)23(2)12-18-16-6-4-5-7-17(16)21-22-18/h14-15H,4-12H2,1-3H3,(H,20,25)(H,21,22)/t14-,15+/m0/s1. The van der Waals surface area contributed by atoms with Crippen LogP contribution in [-0.4, -0.2) is 64.5 Å². The summed E-state index contributed by atoms with van der Waals surface area (Å²) < 4.78 is 0. The first-order chi connectivity index (χ1) is 12.5. The summed E-state index contributed by atoms with van der Waals surface area (Å²) in [4.78, 5) is 27.9. The van der Waals surface area contributed by atoms with Gasteiger partial charge in [-0.2, -0.15) is 5.10 Å². The Bertz CT molecular complexity index is 656. The second-order valence-corrected chi connectivity index (χ2v) is 7.78. The maximum Gasteiger partial charge on any atom is 0.224 e. The molecule has 1 aromatic rings. The number of nitrogens with one attached hydrogen (secondary N) is 2. The molecule has 0 spiro atoms. The molecule has 2 N–H and O–H groups in total. The number of hydrogen-bond acceptors (Lipinski definition) is 4. The van der Waals surface area contributed by atoms with Crippen molar-refractivity contribution in [2.24, 2.45) is 0 Å². The molecule has 7 nitrogen and oxygen atoms in total. The van der Waals surface area contributed by atoms with E-state index in [1.54, 1.807) is 11.8 Å². The third kappa shape index (κ3) is 4.26. The number of amides is 2. The lowest BCUT2D eigenvalue weighted by Crippen LogP contribution is -2.42. The van der Waals surface area contributed by atoms with Crippen LogP contribution < -0.4 is 5.32 Å². The van der Waals surface area contributed by atoms with Gasteiger partial charge in [-0.25, -0.2) is 0 Å². The van der Waals surface area contributed by atoms with Crippen molar-refractivity contribution in [3.8, 4) is 0 Å². The van der Waals surface area contributed by atoms with Gasteiger partial charge in [0.1, 0.15) is 0 Å². The average Bonchev–Trinajstić information content (AvgIpc) is 3.17. The molecule has 2 atom stereocenters. The molecule has 1 saturated heterocycles. The minimum absolute atomic E-state index is 0.00000528. The maximum absolute atomic E-state index is 12.7. The molecule has 1 fully saturated rings. The lowest BCUT2D eigenvalue weighted by atomic mass is 9.96. The van der Waals surface area contributed by atoms with E-state index in [2.05, 4.69) is 27.5 Å². The van der Waals surface area contributed by atoms with Crippen LogP contribution in [0.4, 0.5) is 0 Å². The van der Waals surface area contributed by atoms with Crippen molar-refractivity contribution < 1.29 is 9.59 Å². The molecule has 1 aliphatic carbocycles. The Kier molecular flexibility index (Phi) is 5.96. The molecule has 7 heteroatoms. The molecule has 2 heterocycles. The van der Waals surface area contributed by atoms with Crippen molar-refractivity contribution in [1.82, 2.24) is 25.3 Å². The average molecular weight is 361 g/mol. The lowest BCUT2D eigenvalue weighted by molar-refractivity contribution is -0.131. The van der Waals surface area contributed by atoms with Gasteiger partial charge in [0.15, 0.2) is 0 Å². The molecular formula is C19H31N5O2. The van der Waals surface area contributed by atoms with Crippen LogP contribution in [0.1, 0.15) is 56.0 Å². The summed E-state index contributed by atoms with van der Waals surface area (Å²) in [6, 6.07) is 0.567. The Morgan fingerprint density at radius 3 is 2.77 bits per heavy atom. The minimum atomic E-state index is -0.00000528. The van der Waals surface area contributed by atoms with Crippen LogP contribution in [0.2, 0.25) is 0 Å². The molecule has 26 heavy (non-hydrogen) atoms. The fourth-order valence-corrected chi connectivity index (χ4v) is 4.19. The summed E-state index contributed by atoms with van der Waals surface area (Å²) >= 11 is 0. The predicted octanol–water partition coefficient (Wildman–Crippen LogP) is 1.24. The topological polar surface area (TPSA) is 81.3 Å². The third-order valence-corrected chi connectivity index (χ3v) is 5.94. The Morgan fingerprint density at radius 1 is 1.27 bits per heavy atom. The van der Waals surface area contributed by atoms with E-state index in [4.69, 9.17) is 0 Å². The van der Waals surface area contributed by atoms with Gasteiger partial charge < -0.3 is 10.2 Å². The van der Waals surface area contributed by atoms with E-state index >= 15 is 0 Å². The van der Waals surface area contributed by atoms with Crippen molar-refractivity contribution in [2.45, 2.75) is 70.5 Å². The molecule has 1 aromatic heterocycles. The molecule has 1 aliphatic heterocycles. The molecule has 0 unspecified atom stereocenters. The molecule has 3 rings (SSSR count). The summed E-state index contributed by atoms with van der Waals surface area (Å²) in [5.74, 6) is 0.162. The summed E-state index contributed by atoms with van der Waals surface area (Å²) in [5, 5.41) is 10.5. The summed E-state index contributed by atoms with van der Waals surface area (Å²) in [5.41, 5.74) is 3.60. The van der Waals surface area contributed by atoms with Crippen LogP contribution in [0.3, 0.4) is 0 Å². The zero-order valence-electron chi connectivity index (χ0n) is 16.2. The van der Waals surface area contributed by atoms with E-state index in [-0.39, 0.29) is 17.9 Å². The van der Waals surface area contributed by atoms with Crippen molar-refractivity contribution in [3.05, 3.63) is 17.0 Å². The minimum Gasteiger partial charge on any atom is -0.355 e. The van der Waals surface area contributed by atoms with Gasteiger partial charge in [0, 0.05) is 44.7 Å². The van der Waals surface area contributed by atoms with Crippen LogP contribution in [-0.2, 0) is 29.0 Å². The van der Waals surface area contributed by atoms with E-state index in [1.165, 1.54) is 24.1 Å². The maximum atomic E-state index is 12.7. The zero-order chi connectivity index (χ0) is 18.7. The Balaban J connectivity index is 1.51. The fourth-order valence-electron chi connectivity index (χ4n) is 4.19. The normalized spacial score (nSPS) is 22.9. The molecule has 2 amide bonds. The zero-order valence-corrected chi connectivity index (χ0v) is 16.2. The first-order valence-corrected chi connectivity index (χ1v) is 9.71. The SMILES string of the molecule is CC(=O)NC[C@H]1CC[C@@H](CC(=O)N(C)Cc2n[nH]c3c2CCCC3)N1C. The monoisotopic (exact) mass is 361 g/mol. The second kappa shape index (κ2) is 8.20. The van der Waals surface area contributed by atoms with Crippen molar-refractivity contribution in [2.75, 3.05) is 20.6 Å². The van der Waals surface area contributed by atoms with Crippen LogP contribution in [0.15, 0.2) is 0 Å². The number of likely N-dealkylation sites (N-methyl/N-ethyl adjacent to an activating group) is 1. The first kappa shape index (κ1) is 18.9. The molecule has 0 radical (unpaired) electrons. The number of aromatic amines is 1. The fraction of sp³-hybridized carbons (Fsp3) is 0.737. The molecule has 0 bridgehead atoms. The number of nitrogens with zero attached hydrogens (tertiary/aromatic N) is 3. The number of likely N-dealkylation sites (tertiary alicyclic amines) is 1. The second-order valence-electron chi connectivity index (χ2n) is 7.78. The van der Waals surface area contributed by atoms with Crippen molar-refractivity contribution >= 4 is 11.8 Å².